The van der Waals surface area contributed by atoms with E-state index in [0.29, 0.717) is 5.06 Å². The Balaban J connectivity index is 1.87. The maximum Gasteiger partial charge on any atom is 0.493 e. The van der Waals surface area contributed by atoms with Crippen LogP contribution in [0.2, 0.25) is 0 Å². The van der Waals surface area contributed by atoms with Gasteiger partial charge in [-0.05, 0) is 18.4 Å². The van der Waals surface area contributed by atoms with Gasteiger partial charge >= 0.3 is 12.1 Å². The predicted molar refractivity (Wildman–Crippen MR) is 78.5 cm³/mol. The Morgan fingerprint density at radius 1 is 1.32 bits per heavy atom. The summed E-state index contributed by atoms with van der Waals surface area (Å²) in [5, 5.41) is 2.66. The highest BCUT2D eigenvalue weighted by Crippen LogP contribution is 2.20. The monoisotopic (exact) mass is 359 g/mol. The molecule has 1 heterocycles. The summed E-state index contributed by atoms with van der Waals surface area (Å²) in [6, 6.07) is 6.93. The molecule has 0 unspecified atom stereocenters. The fraction of sp³-hybridized carbons (Fsp3) is 0.400. The minimum Gasteiger partial charge on any atom is -0.343 e. The smallest absolute Gasteiger partial charge is 0.343 e. The van der Waals surface area contributed by atoms with Crippen molar-refractivity contribution in [3.8, 4) is 0 Å². The maximum absolute atomic E-state index is 12.2. The molecule has 2 atom stereocenters. The third kappa shape index (κ3) is 4.92. The summed E-state index contributed by atoms with van der Waals surface area (Å²) in [6.45, 7) is -0.250. The molecule has 0 aromatic heterocycles. The van der Waals surface area contributed by atoms with Gasteiger partial charge in [-0.2, -0.15) is 18.2 Å². The number of carbonyl (C=O) groups is 3. The first kappa shape index (κ1) is 18.7. The highest BCUT2D eigenvalue weighted by atomic mass is 19.4. The lowest BCUT2D eigenvalue weighted by molar-refractivity contribution is -0.233. The number of hydrogen-bond donors (Lipinski definition) is 2. The lowest BCUT2D eigenvalue weighted by Crippen LogP contribution is -2.49. The molecule has 1 fully saturated rings. The van der Waals surface area contributed by atoms with Gasteiger partial charge in [0.05, 0.1) is 12.6 Å². The van der Waals surface area contributed by atoms with Crippen LogP contribution < -0.4 is 11.1 Å². The Morgan fingerprint density at radius 3 is 2.56 bits per heavy atom. The lowest BCUT2D eigenvalue weighted by atomic mass is 10.1. The molecule has 1 saturated heterocycles. The average Bonchev–Trinajstić information content (AvgIpc) is 2.88. The number of carbonyl (C=O) groups excluding carboxylic acids is 3. The van der Waals surface area contributed by atoms with E-state index in [4.69, 9.17) is 5.73 Å². The molecule has 136 valence electrons. The molecule has 1 aliphatic rings. The van der Waals surface area contributed by atoms with Gasteiger partial charge in [-0.15, -0.1) is 0 Å². The fourth-order valence-corrected chi connectivity index (χ4v) is 2.27. The van der Waals surface area contributed by atoms with Gasteiger partial charge in [0.1, 0.15) is 6.04 Å². The SMILES string of the molecule is N[C@@H](Cc1ccccc1)C(=O)N[C@@H]1CCN(OC(=O)C(F)(F)F)C1=O. The Bertz CT molecular complexity index is 651. The van der Waals surface area contributed by atoms with Crippen LogP contribution in [0.15, 0.2) is 30.3 Å². The molecule has 10 heteroatoms. The van der Waals surface area contributed by atoms with Gasteiger partial charge in [0.15, 0.2) is 0 Å². The van der Waals surface area contributed by atoms with E-state index in [1.165, 1.54) is 0 Å². The van der Waals surface area contributed by atoms with Gasteiger partial charge < -0.3 is 15.9 Å². The van der Waals surface area contributed by atoms with Gasteiger partial charge in [-0.3, -0.25) is 9.59 Å². The van der Waals surface area contributed by atoms with E-state index < -0.39 is 36.0 Å². The summed E-state index contributed by atoms with van der Waals surface area (Å²) in [5.41, 5.74) is 6.60. The van der Waals surface area contributed by atoms with Crippen molar-refractivity contribution < 1.29 is 32.4 Å². The minimum absolute atomic E-state index is 0.00771. The number of nitrogens with two attached hydrogens (primary N) is 1. The normalized spacial score (nSPS) is 18.8. The van der Waals surface area contributed by atoms with Crippen molar-refractivity contribution in [2.24, 2.45) is 5.73 Å². The molecule has 0 aliphatic carbocycles. The summed E-state index contributed by atoms with van der Waals surface area (Å²) >= 11 is 0. The largest absolute Gasteiger partial charge is 0.493 e. The molecule has 7 nitrogen and oxygen atoms in total. The van der Waals surface area contributed by atoms with E-state index >= 15 is 0 Å². The molecule has 25 heavy (non-hydrogen) atoms. The van der Waals surface area contributed by atoms with Gasteiger partial charge in [-0.1, -0.05) is 30.3 Å². The van der Waals surface area contributed by atoms with Crippen molar-refractivity contribution in [3.63, 3.8) is 0 Å². The van der Waals surface area contributed by atoms with Gasteiger partial charge in [-0.25, -0.2) is 4.79 Å². The molecule has 2 rings (SSSR count). The van der Waals surface area contributed by atoms with Crippen LogP contribution >= 0.6 is 0 Å². The Kier molecular flexibility index (Phi) is 5.62. The third-order valence-electron chi connectivity index (χ3n) is 3.54. The zero-order valence-electron chi connectivity index (χ0n) is 13.0. The van der Waals surface area contributed by atoms with Crippen LogP contribution in [0.3, 0.4) is 0 Å². The van der Waals surface area contributed by atoms with Gasteiger partial charge in [0.2, 0.25) is 5.91 Å². The van der Waals surface area contributed by atoms with E-state index in [2.05, 4.69) is 10.2 Å². The molecular weight excluding hydrogens is 343 g/mol. The van der Waals surface area contributed by atoms with Crippen LogP contribution in [0.1, 0.15) is 12.0 Å². The maximum atomic E-state index is 12.2. The lowest BCUT2D eigenvalue weighted by Gasteiger charge is -2.18. The van der Waals surface area contributed by atoms with Crippen LogP contribution in [0.4, 0.5) is 13.2 Å². The van der Waals surface area contributed by atoms with Crippen LogP contribution in [0.25, 0.3) is 0 Å². The number of nitrogens with zero attached hydrogens (tertiary/aromatic N) is 1. The predicted octanol–water partition coefficient (Wildman–Crippen LogP) is 0.294. The van der Waals surface area contributed by atoms with E-state index in [0.717, 1.165) is 5.56 Å². The summed E-state index contributed by atoms with van der Waals surface area (Å²) in [7, 11) is 0. The molecule has 0 radical (unpaired) electrons. The number of hydroxylamine groups is 2. The van der Waals surface area contributed by atoms with Crippen LogP contribution in [-0.2, 0) is 25.6 Å². The van der Waals surface area contributed by atoms with Crippen molar-refractivity contribution >= 4 is 17.8 Å². The number of rotatable bonds is 5. The number of alkyl halides is 3. The summed E-state index contributed by atoms with van der Waals surface area (Å²) in [4.78, 5) is 38.7. The second-order valence-corrected chi connectivity index (χ2v) is 5.46. The van der Waals surface area contributed by atoms with Crippen molar-refractivity contribution in [1.82, 2.24) is 10.4 Å². The first-order chi connectivity index (χ1) is 11.7. The Hall–Kier alpha value is -2.62. The first-order valence-corrected chi connectivity index (χ1v) is 7.39. The van der Waals surface area contributed by atoms with Crippen molar-refractivity contribution in [1.29, 1.82) is 0 Å². The highest BCUT2D eigenvalue weighted by Gasteiger charge is 2.45. The van der Waals surface area contributed by atoms with E-state index in [-0.39, 0.29) is 19.4 Å². The van der Waals surface area contributed by atoms with E-state index in [1.54, 1.807) is 24.3 Å². The van der Waals surface area contributed by atoms with Crippen LogP contribution in [0.5, 0.6) is 0 Å². The highest BCUT2D eigenvalue weighted by molar-refractivity contribution is 5.91. The Labute approximate surface area is 140 Å². The van der Waals surface area contributed by atoms with Crippen molar-refractivity contribution in [2.75, 3.05) is 6.54 Å². The summed E-state index contributed by atoms with van der Waals surface area (Å²) in [5.74, 6) is -4.04. The number of nitrogens with one attached hydrogen (secondary N) is 1. The molecule has 0 saturated carbocycles. The van der Waals surface area contributed by atoms with E-state index in [9.17, 15) is 27.6 Å². The first-order valence-electron chi connectivity index (χ1n) is 7.39. The number of benzene rings is 1. The molecule has 1 aromatic rings. The standard InChI is InChI=1S/C15H16F3N3O4/c16-15(17,18)14(24)25-21-7-6-11(13(21)23)20-12(22)10(19)8-9-4-2-1-3-5-9/h1-5,10-11H,6-8,19H2,(H,20,22)/t10-,11+/m0/s1. The third-order valence-corrected chi connectivity index (χ3v) is 3.54. The average molecular weight is 359 g/mol. The van der Waals surface area contributed by atoms with Gasteiger partial charge in [0.25, 0.3) is 5.91 Å². The second kappa shape index (κ2) is 7.51. The molecule has 1 aliphatic heterocycles. The quantitative estimate of drug-likeness (QED) is 0.787. The summed E-state index contributed by atoms with van der Waals surface area (Å²) in [6.07, 6.45) is -4.96. The molecular formula is C15H16F3N3O4. The molecule has 3 N–H and O–H groups in total. The molecule has 1 aromatic carbocycles. The summed E-state index contributed by atoms with van der Waals surface area (Å²) < 4.78 is 36.5. The van der Waals surface area contributed by atoms with Crippen molar-refractivity contribution in [3.05, 3.63) is 35.9 Å². The Morgan fingerprint density at radius 2 is 1.96 bits per heavy atom. The number of hydrogen-bond acceptors (Lipinski definition) is 5. The van der Waals surface area contributed by atoms with Crippen molar-refractivity contribution in [2.45, 2.75) is 31.1 Å². The van der Waals surface area contributed by atoms with Crippen LogP contribution in [0, 0.1) is 0 Å². The number of amides is 2. The van der Waals surface area contributed by atoms with E-state index in [1.807, 2.05) is 6.07 Å². The molecule has 0 spiro atoms. The number of halogens is 3. The second-order valence-electron chi connectivity index (χ2n) is 5.46. The zero-order valence-corrected chi connectivity index (χ0v) is 13.0. The van der Waals surface area contributed by atoms with Crippen LogP contribution in [-0.4, -0.2) is 47.7 Å². The fourth-order valence-electron chi connectivity index (χ4n) is 2.27. The minimum atomic E-state index is -5.21. The molecule has 2 amide bonds. The molecule has 0 bridgehead atoms. The topological polar surface area (TPSA) is 102 Å². The van der Waals surface area contributed by atoms with Gasteiger partial charge in [0, 0.05) is 0 Å². The zero-order chi connectivity index (χ0) is 18.6.